The topological polar surface area (TPSA) is 59.0 Å². The predicted molar refractivity (Wildman–Crippen MR) is 61.0 cm³/mol. The number of hydrogen-bond acceptors (Lipinski definition) is 3. The van der Waals surface area contributed by atoms with Gasteiger partial charge in [0.25, 0.3) is 0 Å². The first-order valence-electron chi connectivity index (χ1n) is 5.97. The van der Waals surface area contributed by atoms with Gasteiger partial charge >= 0.3 is 6.55 Å². The van der Waals surface area contributed by atoms with E-state index in [1.54, 1.807) is 0 Å². The predicted octanol–water partition coefficient (Wildman–Crippen LogP) is 1.04. The van der Waals surface area contributed by atoms with Crippen molar-refractivity contribution >= 4 is 5.91 Å². The van der Waals surface area contributed by atoms with Gasteiger partial charge in [-0.25, -0.2) is 4.98 Å². The Bertz CT molecular complexity index is 404. The van der Waals surface area contributed by atoms with Crippen molar-refractivity contribution in [3.63, 3.8) is 0 Å². The van der Waals surface area contributed by atoms with E-state index in [4.69, 9.17) is 0 Å². The highest BCUT2D eigenvalue weighted by atomic mass is 19.3. The minimum absolute atomic E-state index is 0.00204. The Kier molecular flexibility index (Phi) is 4.24. The van der Waals surface area contributed by atoms with E-state index in [0.29, 0.717) is 19.0 Å². The summed E-state index contributed by atoms with van der Waals surface area (Å²) in [5.74, 6) is 0.273. The fraction of sp³-hybridized carbons (Fsp3) is 0.636. The van der Waals surface area contributed by atoms with Crippen LogP contribution in [0.5, 0.6) is 0 Å². The second-order valence-electron chi connectivity index (χ2n) is 4.30. The number of carbonyl (C=O) groups excluding carboxylic acids is 1. The van der Waals surface area contributed by atoms with Gasteiger partial charge in [-0.2, -0.15) is 8.78 Å². The summed E-state index contributed by atoms with van der Waals surface area (Å²) in [6.45, 7) is -1.90. The van der Waals surface area contributed by atoms with E-state index in [9.17, 15) is 13.6 Å². The van der Waals surface area contributed by atoms with Gasteiger partial charge in [-0.1, -0.05) is 0 Å². The van der Waals surface area contributed by atoms with E-state index in [1.165, 1.54) is 12.4 Å². The van der Waals surface area contributed by atoms with Gasteiger partial charge in [-0.05, 0) is 12.8 Å². The van der Waals surface area contributed by atoms with Crippen LogP contribution in [-0.4, -0.2) is 28.0 Å². The third-order valence-electron chi connectivity index (χ3n) is 2.71. The Morgan fingerprint density at radius 2 is 2.33 bits per heavy atom. The Balaban J connectivity index is 1.65. The highest BCUT2D eigenvalue weighted by Gasteiger charge is 2.22. The quantitative estimate of drug-likeness (QED) is 0.718. The molecule has 1 heterocycles. The zero-order chi connectivity index (χ0) is 13.0. The van der Waals surface area contributed by atoms with Crippen LogP contribution in [0.4, 0.5) is 8.78 Å². The molecule has 1 aliphatic carbocycles. The molecule has 0 radical (unpaired) electrons. The lowest BCUT2D eigenvalue weighted by atomic mass is 10.4. The molecule has 0 saturated heterocycles. The first-order valence-corrected chi connectivity index (χ1v) is 5.97. The first kappa shape index (κ1) is 12.9. The Labute approximate surface area is 104 Å². The van der Waals surface area contributed by atoms with Crippen LogP contribution < -0.4 is 10.6 Å². The lowest BCUT2D eigenvalue weighted by molar-refractivity contribution is -0.121. The molecule has 0 unspecified atom stereocenters. The highest BCUT2D eigenvalue weighted by molar-refractivity contribution is 5.76. The van der Waals surface area contributed by atoms with Crippen LogP contribution in [0, 0.1) is 0 Å². The molecule has 2 rings (SSSR count). The van der Waals surface area contributed by atoms with Crippen LogP contribution in [0.15, 0.2) is 12.4 Å². The summed E-state index contributed by atoms with van der Waals surface area (Å²) < 4.78 is 25.8. The summed E-state index contributed by atoms with van der Waals surface area (Å²) in [5, 5.41) is 5.79. The van der Waals surface area contributed by atoms with E-state index >= 15 is 0 Å². The monoisotopic (exact) mass is 258 g/mol. The van der Waals surface area contributed by atoms with Gasteiger partial charge < -0.3 is 10.6 Å². The summed E-state index contributed by atoms with van der Waals surface area (Å²) in [7, 11) is 0. The molecule has 1 fully saturated rings. The fourth-order valence-electron chi connectivity index (χ4n) is 1.59. The van der Waals surface area contributed by atoms with Crippen molar-refractivity contribution in [1.82, 2.24) is 20.2 Å². The van der Waals surface area contributed by atoms with E-state index < -0.39 is 6.55 Å². The van der Waals surface area contributed by atoms with Crippen LogP contribution in [0.25, 0.3) is 0 Å². The second-order valence-corrected chi connectivity index (χ2v) is 4.30. The van der Waals surface area contributed by atoms with Crippen molar-refractivity contribution in [2.45, 2.75) is 38.4 Å². The third-order valence-corrected chi connectivity index (χ3v) is 2.71. The number of nitrogens with zero attached hydrogens (tertiary/aromatic N) is 2. The normalized spacial score (nSPS) is 15.1. The Hall–Kier alpha value is -1.50. The molecule has 1 aliphatic rings. The molecule has 1 amide bonds. The molecule has 0 aromatic carbocycles. The smallest absolute Gasteiger partial charge is 0.319 e. The van der Waals surface area contributed by atoms with Gasteiger partial charge in [-0.3, -0.25) is 9.36 Å². The Morgan fingerprint density at radius 1 is 1.56 bits per heavy atom. The van der Waals surface area contributed by atoms with Gasteiger partial charge in [0.1, 0.15) is 5.82 Å². The molecule has 2 N–H and O–H groups in total. The number of aromatic nitrogens is 2. The number of alkyl halides is 2. The van der Waals surface area contributed by atoms with Crippen molar-refractivity contribution < 1.29 is 13.6 Å². The number of carbonyl (C=O) groups is 1. The summed E-state index contributed by atoms with van der Waals surface area (Å²) in [4.78, 5) is 15.2. The van der Waals surface area contributed by atoms with Crippen molar-refractivity contribution in [2.75, 3.05) is 6.54 Å². The van der Waals surface area contributed by atoms with E-state index in [1.807, 2.05) is 0 Å². The number of hydrogen-bond donors (Lipinski definition) is 2. The molecule has 18 heavy (non-hydrogen) atoms. The molecular formula is C11H16F2N4O. The molecule has 0 spiro atoms. The largest absolute Gasteiger partial charge is 0.353 e. The molecule has 5 nitrogen and oxygen atoms in total. The molecule has 100 valence electrons. The summed E-state index contributed by atoms with van der Waals surface area (Å²) in [5.41, 5.74) is 0. The van der Waals surface area contributed by atoms with E-state index in [-0.39, 0.29) is 18.3 Å². The summed E-state index contributed by atoms with van der Waals surface area (Å²) in [6.07, 6.45) is 5.05. The maximum Gasteiger partial charge on any atom is 0.319 e. The standard InChI is InChI=1S/C11H16F2N4O/c12-11(13)17-6-5-15-9(17)7-14-4-3-10(18)16-8-1-2-8/h5-6,8,11,14H,1-4,7H2,(H,16,18). The number of rotatable bonds is 7. The van der Waals surface area contributed by atoms with Gasteiger partial charge in [0.05, 0.1) is 6.54 Å². The molecule has 1 aromatic rings. The summed E-state index contributed by atoms with van der Waals surface area (Å²) in [6, 6.07) is 0.357. The lowest BCUT2D eigenvalue weighted by Gasteiger charge is -2.07. The minimum Gasteiger partial charge on any atom is -0.353 e. The van der Waals surface area contributed by atoms with Crippen LogP contribution in [0.3, 0.4) is 0 Å². The van der Waals surface area contributed by atoms with Crippen molar-refractivity contribution in [1.29, 1.82) is 0 Å². The zero-order valence-electron chi connectivity index (χ0n) is 9.90. The first-order chi connectivity index (χ1) is 8.66. The van der Waals surface area contributed by atoms with Crippen LogP contribution in [-0.2, 0) is 11.3 Å². The van der Waals surface area contributed by atoms with Gasteiger partial charge in [0.15, 0.2) is 0 Å². The maximum atomic E-state index is 12.5. The SMILES string of the molecule is O=C(CCNCc1nccn1C(F)F)NC1CC1. The minimum atomic E-state index is -2.58. The third kappa shape index (κ3) is 3.76. The average molecular weight is 258 g/mol. The fourth-order valence-corrected chi connectivity index (χ4v) is 1.59. The molecule has 0 atom stereocenters. The highest BCUT2D eigenvalue weighted by Crippen LogP contribution is 2.18. The molecule has 1 aromatic heterocycles. The Morgan fingerprint density at radius 3 is 3.00 bits per heavy atom. The van der Waals surface area contributed by atoms with Crippen molar-refractivity contribution in [3.8, 4) is 0 Å². The van der Waals surface area contributed by atoms with E-state index in [2.05, 4.69) is 15.6 Å². The molecule has 7 heteroatoms. The maximum absolute atomic E-state index is 12.5. The van der Waals surface area contributed by atoms with Crippen LogP contribution >= 0.6 is 0 Å². The van der Waals surface area contributed by atoms with Gasteiger partial charge in [0.2, 0.25) is 5.91 Å². The lowest BCUT2D eigenvalue weighted by Crippen LogP contribution is -2.29. The van der Waals surface area contributed by atoms with E-state index in [0.717, 1.165) is 17.4 Å². The van der Waals surface area contributed by atoms with Crippen LogP contribution in [0.1, 0.15) is 31.6 Å². The van der Waals surface area contributed by atoms with Gasteiger partial charge in [0, 0.05) is 31.4 Å². The average Bonchev–Trinajstić information content (AvgIpc) is 2.99. The summed E-state index contributed by atoms with van der Waals surface area (Å²) >= 11 is 0. The van der Waals surface area contributed by atoms with Crippen molar-refractivity contribution in [2.24, 2.45) is 0 Å². The molecule has 1 saturated carbocycles. The molecule has 0 aliphatic heterocycles. The number of nitrogens with one attached hydrogen (secondary N) is 2. The molecule has 0 bridgehead atoms. The second kappa shape index (κ2) is 5.90. The van der Waals surface area contributed by atoms with Gasteiger partial charge in [-0.15, -0.1) is 0 Å². The number of amides is 1. The van der Waals surface area contributed by atoms with Crippen molar-refractivity contribution in [3.05, 3.63) is 18.2 Å². The number of imidazole rings is 1. The zero-order valence-corrected chi connectivity index (χ0v) is 9.90. The molecular weight excluding hydrogens is 242 g/mol. The van der Waals surface area contributed by atoms with Crippen LogP contribution in [0.2, 0.25) is 0 Å². The number of halogens is 2.